The Kier molecular flexibility index (Phi) is 3.29. The van der Waals surface area contributed by atoms with Crippen LogP contribution in [0.5, 0.6) is 5.88 Å². The van der Waals surface area contributed by atoms with Crippen LogP contribution >= 0.6 is 0 Å². The van der Waals surface area contributed by atoms with E-state index in [0.717, 1.165) is 0 Å². The van der Waals surface area contributed by atoms with Crippen molar-refractivity contribution in [3.8, 4) is 5.88 Å². The first-order valence-corrected chi connectivity index (χ1v) is 7.78. The van der Waals surface area contributed by atoms with Crippen molar-refractivity contribution in [3.05, 3.63) is 47.9 Å². The molecule has 1 aromatic carbocycles. The lowest BCUT2D eigenvalue weighted by atomic mass is 10.1. The first-order chi connectivity index (χ1) is 10.0. The van der Waals surface area contributed by atoms with Crippen molar-refractivity contribution in [2.45, 2.75) is 11.3 Å². The number of hydrogen-bond acceptors (Lipinski definition) is 4. The van der Waals surface area contributed by atoms with Crippen LogP contribution < -0.4 is 9.04 Å². The molecule has 0 saturated carbocycles. The summed E-state index contributed by atoms with van der Waals surface area (Å²) in [7, 11) is -2.29. The van der Waals surface area contributed by atoms with E-state index in [9.17, 15) is 12.8 Å². The van der Waals surface area contributed by atoms with E-state index in [1.807, 2.05) is 0 Å². The number of fused-ring (bicyclic) bond motifs is 1. The normalized spacial score (nSPS) is 14.1. The van der Waals surface area contributed by atoms with E-state index in [0.29, 0.717) is 23.6 Å². The number of methoxy groups -OCH3 is 1. The van der Waals surface area contributed by atoms with E-state index in [-0.39, 0.29) is 17.3 Å². The Balaban J connectivity index is 2.02. The van der Waals surface area contributed by atoms with Crippen LogP contribution in [0.3, 0.4) is 0 Å². The summed E-state index contributed by atoms with van der Waals surface area (Å²) in [6.45, 7) is 0.227. The Morgan fingerprint density at radius 3 is 2.76 bits per heavy atom. The van der Waals surface area contributed by atoms with Gasteiger partial charge in [0.25, 0.3) is 10.0 Å². The Labute approximate surface area is 122 Å². The van der Waals surface area contributed by atoms with Crippen molar-refractivity contribution < 1.29 is 17.5 Å². The van der Waals surface area contributed by atoms with Gasteiger partial charge in [-0.1, -0.05) is 6.07 Å². The number of aromatic nitrogens is 1. The zero-order chi connectivity index (χ0) is 15.0. The van der Waals surface area contributed by atoms with Crippen LogP contribution in [0.1, 0.15) is 5.56 Å². The fourth-order valence-corrected chi connectivity index (χ4v) is 3.82. The highest BCUT2D eigenvalue weighted by Gasteiger charge is 2.32. The summed E-state index contributed by atoms with van der Waals surface area (Å²) in [6.07, 6.45) is 1.61. The van der Waals surface area contributed by atoms with Crippen molar-refractivity contribution in [1.82, 2.24) is 4.98 Å². The number of rotatable bonds is 3. The third-order valence-electron chi connectivity index (χ3n) is 3.43. The van der Waals surface area contributed by atoms with Gasteiger partial charge in [-0.05, 0) is 24.6 Å². The largest absolute Gasteiger partial charge is 0.481 e. The second kappa shape index (κ2) is 5.00. The average Bonchev–Trinajstić information content (AvgIpc) is 2.93. The number of halogens is 1. The van der Waals surface area contributed by atoms with Gasteiger partial charge in [0.2, 0.25) is 5.88 Å². The minimum atomic E-state index is -3.75. The Bertz CT molecular complexity index is 775. The van der Waals surface area contributed by atoms with Crippen LogP contribution in [-0.2, 0) is 16.4 Å². The maximum absolute atomic E-state index is 13.7. The number of pyridine rings is 1. The molecular weight excluding hydrogens is 295 g/mol. The lowest BCUT2D eigenvalue weighted by Crippen LogP contribution is -2.29. The Morgan fingerprint density at radius 2 is 2.10 bits per heavy atom. The third kappa shape index (κ3) is 2.23. The van der Waals surface area contributed by atoms with Crippen LogP contribution in [0.25, 0.3) is 0 Å². The predicted octanol–water partition coefficient (Wildman–Crippen LogP) is 1.98. The van der Waals surface area contributed by atoms with E-state index in [4.69, 9.17) is 4.74 Å². The molecule has 0 aliphatic carbocycles. The lowest BCUT2D eigenvalue weighted by Gasteiger charge is -2.19. The highest BCUT2D eigenvalue weighted by atomic mass is 32.2. The molecule has 1 aliphatic heterocycles. The molecule has 21 heavy (non-hydrogen) atoms. The minimum absolute atomic E-state index is 0.0559. The fourth-order valence-electron chi connectivity index (χ4n) is 2.38. The molecule has 0 amide bonds. The number of ether oxygens (including phenoxy) is 1. The van der Waals surface area contributed by atoms with Gasteiger partial charge >= 0.3 is 0 Å². The van der Waals surface area contributed by atoms with Crippen LogP contribution in [0.2, 0.25) is 0 Å². The average molecular weight is 308 g/mol. The maximum atomic E-state index is 13.7. The first kappa shape index (κ1) is 13.8. The fraction of sp³-hybridized carbons (Fsp3) is 0.214. The standard InChI is InChI=1S/C14H13FN2O3S/c1-20-14-6-5-10(9-16-14)21(18,19)17-8-7-11-12(15)3-2-4-13(11)17/h2-6,9H,7-8H2,1H3. The van der Waals surface area contributed by atoms with Gasteiger partial charge in [0.05, 0.1) is 19.0 Å². The molecule has 0 spiro atoms. The van der Waals surface area contributed by atoms with E-state index < -0.39 is 10.0 Å². The molecule has 3 rings (SSSR count). The van der Waals surface area contributed by atoms with Gasteiger partial charge in [-0.2, -0.15) is 0 Å². The number of hydrogen-bond donors (Lipinski definition) is 0. The highest BCUT2D eigenvalue weighted by Crippen LogP contribution is 2.34. The van der Waals surface area contributed by atoms with E-state index >= 15 is 0 Å². The van der Waals surface area contributed by atoms with Crippen LogP contribution in [0, 0.1) is 5.82 Å². The molecule has 2 aromatic rings. The topological polar surface area (TPSA) is 59.5 Å². The Hall–Kier alpha value is -2.15. The maximum Gasteiger partial charge on any atom is 0.265 e. The summed E-state index contributed by atoms with van der Waals surface area (Å²) >= 11 is 0. The molecule has 2 heterocycles. The number of benzene rings is 1. The first-order valence-electron chi connectivity index (χ1n) is 6.34. The predicted molar refractivity (Wildman–Crippen MR) is 75.4 cm³/mol. The van der Waals surface area contributed by atoms with Crippen LogP contribution in [0.15, 0.2) is 41.4 Å². The monoisotopic (exact) mass is 308 g/mol. The molecule has 1 aliphatic rings. The van der Waals surface area contributed by atoms with Gasteiger partial charge in [-0.3, -0.25) is 4.31 Å². The number of sulfonamides is 1. The second-order valence-corrected chi connectivity index (χ2v) is 6.46. The number of anilines is 1. The Morgan fingerprint density at radius 1 is 1.29 bits per heavy atom. The molecule has 0 N–H and O–H groups in total. The summed E-state index contributed by atoms with van der Waals surface area (Å²) in [5, 5.41) is 0. The van der Waals surface area contributed by atoms with E-state index in [2.05, 4.69) is 4.98 Å². The van der Waals surface area contributed by atoms with Crippen molar-refractivity contribution in [2.75, 3.05) is 18.0 Å². The highest BCUT2D eigenvalue weighted by molar-refractivity contribution is 7.92. The molecule has 7 heteroatoms. The molecule has 0 saturated heterocycles. The molecule has 0 fully saturated rings. The summed E-state index contributed by atoms with van der Waals surface area (Å²) < 4.78 is 45.1. The second-order valence-electron chi connectivity index (χ2n) is 4.60. The molecule has 0 unspecified atom stereocenters. The van der Waals surface area contributed by atoms with Crippen LogP contribution in [0.4, 0.5) is 10.1 Å². The van der Waals surface area contributed by atoms with Crippen molar-refractivity contribution in [1.29, 1.82) is 0 Å². The smallest absolute Gasteiger partial charge is 0.265 e. The van der Waals surface area contributed by atoms with Crippen LogP contribution in [-0.4, -0.2) is 27.1 Å². The molecule has 110 valence electrons. The molecule has 0 atom stereocenters. The van der Waals surface area contributed by atoms with Gasteiger partial charge in [-0.25, -0.2) is 17.8 Å². The SMILES string of the molecule is COc1ccc(S(=O)(=O)N2CCc3c(F)cccc32)cn1. The van der Waals surface area contributed by atoms with Gasteiger partial charge in [-0.15, -0.1) is 0 Å². The van der Waals surface area contributed by atoms with E-state index in [1.165, 1.54) is 41.9 Å². The summed E-state index contributed by atoms with van der Waals surface area (Å²) in [5.74, 6) is -0.0418. The lowest BCUT2D eigenvalue weighted by molar-refractivity contribution is 0.397. The molecular formula is C14H13FN2O3S. The van der Waals surface area contributed by atoms with E-state index in [1.54, 1.807) is 6.07 Å². The van der Waals surface area contributed by atoms with Gasteiger partial charge in [0.15, 0.2) is 0 Å². The van der Waals surface area contributed by atoms with Gasteiger partial charge < -0.3 is 4.74 Å². The third-order valence-corrected chi connectivity index (χ3v) is 5.23. The molecule has 1 aromatic heterocycles. The minimum Gasteiger partial charge on any atom is -0.481 e. The van der Waals surface area contributed by atoms with Crippen molar-refractivity contribution >= 4 is 15.7 Å². The summed E-state index contributed by atoms with van der Waals surface area (Å²) in [4.78, 5) is 3.96. The summed E-state index contributed by atoms with van der Waals surface area (Å²) in [5.41, 5.74) is 0.827. The van der Waals surface area contributed by atoms with Gasteiger partial charge in [0.1, 0.15) is 10.7 Å². The quantitative estimate of drug-likeness (QED) is 0.870. The molecule has 0 bridgehead atoms. The number of nitrogens with zero attached hydrogens (tertiary/aromatic N) is 2. The van der Waals surface area contributed by atoms with Crippen molar-refractivity contribution in [2.24, 2.45) is 0 Å². The molecule has 5 nitrogen and oxygen atoms in total. The zero-order valence-electron chi connectivity index (χ0n) is 11.3. The van der Waals surface area contributed by atoms with Crippen molar-refractivity contribution in [3.63, 3.8) is 0 Å². The summed E-state index contributed by atoms with van der Waals surface area (Å²) in [6, 6.07) is 7.37. The van der Waals surface area contributed by atoms with Gasteiger partial charge in [0, 0.05) is 18.2 Å². The zero-order valence-corrected chi connectivity index (χ0v) is 12.1. The molecule has 0 radical (unpaired) electrons.